The van der Waals surface area contributed by atoms with Gasteiger partial charge < -0.3 is 16.5 Å². The molecule has 0 aliphatic rings. The second kappa shape index (κ2) is 7.31. The molecule has 0 radical (unpaired) electrons. The zero-order chi connectivity index (χ0) is 11.5. The summed E-state index contributed by atoms with van der Waals surface area (Å²) in [5.74, 6) is 0.946. The van der Waals surface area contributed by atoms with Crippen LogP contribution in [0.25, 0.3) is 11.0 Å². The molecular weight excluding hydrogens is 297 g/mol. The number of benzene rings is 1. The van der Waals surface area contributed by atoms with Crippen molar-refractivity contribution in [1.29, 1.82) is 0 Å². The van der Waals surface area contributed by atoms with Gasteiger partial charge in [-0.15, -0.1) is 24.8 Å². The number of nitrogens with two attached hydrogens (primary N) is 2. The Morgan fingerprint density at radius 3 is 2.72 bits per heavy atom. The van der Waals surface area contributed by atoms with E-state index in [2.05, 4.69) is 15.0 Å². The maximum atomic E-state index is 5.87. The summed E-state index contributed by atoms with van der Waals surface area (Å²) in [6, 6.07) is 5.52. The van der Waals surface area contributed by atoms with Crippen molar-refractivity contribution in [1.82, 2.24) is 9.97 Å². The minimum atomic E-state index is 0. The van der Waals surface area contributed by atoms with Crippen LogP contribution in [0.1, 0.15) is 5.82 Å². The first-order valence-corrected chi connectivity index (χ1v) is 5.22. The molecule has 0 atom stereocenters. The van der Waals surface area contributed by atoms with Gasteiger partial charge in [0.25, 0.3) is 0 Å². The molecule has 100 valence electrons. The summed E-state index contributed by atoms with van der Waals surface area (Å²) < 4.78 is 0. The van der Waals surface area contributed by atoms with Gasteiger partial charge in [0.2, 0.25) is 0 Å². The minimum Gasteiger partial charge on any atom is -0.370 e. The van der Waals surface area contributed by atoms with Crippen LogP contribution in [0.4, 0.5) is 0 Å². The quantitative estimate of drug-likeness (QED) is 0.597. The highest BCUT2D eigenvalue weighted by Crippen LogP contribution is 2.17. The molecule has 18 heavy (non-hydrogen) atoms. The summed E-state index contributed by atoms with van der Waals surface area (Å²) in [6.07, 6.45) is 0.671. The van der Waals surface area contributed by atoms with Crippen LogP contribution < -0.4 is 11.5 Å². The lowest BCUT2D eigenvalue weighted by Gasteiger charge is -1.92. The summed E-state index contributed by atoms with van der Waals surface area (Å²) in [4.78, 5) is 11.4. The summed E-state index contributed by atoms with van der Waals surface area (Å²) >= 11 is 5.87. The SMILES string of the molecule is Cl.Cl.NC(N)=NCCc1nc2ccc(Cl)cc2[nH]1. The number of aromatic amines is 1. The number of nitrogens with zero attached hydrogens (tertiary/aromatic N) is 2. The summed E-state index contributed by atoms with van der Waals surface area (Å²) in [6.45, 7) is 0.524. The summed E-state index contributed by atoms with van der Waals surface area (Å²) in [5.41, 5.74) is 12.3. The molecule has 0 saturated carbocycles. The normalized spacial score (nSPS) is 9.39. The molecule has 0 aliphatic carbocycles. The largest absolute Gasteiger partial charge is 0.370 e. The van der Waals surface area contributed by atoms with Crippen LogP contribution in [0.2, 0.25) is 5.02 Å². The standard InChI is InChI=1S/C10H12ClN5.2ClH/c11-6-1-2-7-8(5-6)16-9(15-7)3-4-14-10(12)13;;/h1-2,5H,3-4H2,(H,15,16)(H4,12,13,14);2*1H. The van der Waals surface area contributed by atoms with E-state index >= 15 is 0 Å². The molecule has 2 rings (SSSR count). The fourth-order valence-electron chi connectivity index (χ4n) is 1.44. The average molecular weight is 311 g/mol. The monoisotopic (exact) mass is 309 g/mol. The summed E-state index contributed by atoms with van der Waals surface area (Å²) in [5, 5.41) is 0.687. The number of guanidine groups is 1. The third-order valence-corrected chi connectivity index (χ3v) is 2.37. The van der Waals surface area contributed by atoms with Crippen molar-refractivity contribution >= 4 is 53.4 Å². The number of fused-ring (bicyclic) bond motifs is 1. The fourth-order valence-corrected chi connectivity index (χ4v) is 1.62. The van der Waals surface area contributed by atoms with Crippen LogP contribution in [0.3, 0.4) is 0 Å². The van der Waals surface area contributed by atoms with Gasteiger partial charge in [0.15, 0.2) is 5.96 Å². The number of hydrogen-bond donors (Lipinski definition) is 3. The molecule has 1 heterocycles. The van der Waals surface area contributed by atoms with E-state index in [4.69, 9.17) is 23.1 Å². The number of halogens is 3. The summed E-state index contributed by atoms with van der Waals surface area (Å²) in [7, 11) is 0. The predicted octanol–water partition coefficient (Wildman–Crippen LogP) is 1.88. The Morgan fingerprint density at radius 2 is 2.06 bits per heavy atom. The lowest BCUT2D eigenvalue weighted by molar-refractivity contribution is 0.897. The third-order valence-electron chi connectivity index (χ3n) is 2.14. The Hall–Kier alpha value is -1.17. The van der Waals surface area contributed by atoms with Crippen LogP contribution in [-0.2, 0) is 6.42 Å². The van der Waals surface area contributed by atoms with Crippen molar-refractivity contribution in [2.45, 2.75) is 6.42 Å². The molecule has 0 bridgehead atoms. The van der Waals surface area contributed by atoms with Crippen molar-refractivity contribution in [2.75, 3.05) is 6.54 Å². The molecule has 0 spiro atoms. The van der Waals surface area contributed by atoms with E-state index in [-0.39, 0.29) is 30.8 Å². The van der Waals surface area contributed by atoms with Crippen molar-refractivity contribution in [3.05, 3.63) is 29.0 Å². The molecule has 0 fully saturated rings. The molecule has 0 saturated heterocycles. The highest BCUT2D eigenvalue weighted by atomic mass is 35.5. The average Bonchev–Trinajstić information content (AvgIpc) is 2.58. The zero-order valence-corrected chi connectivity index (χ0v) is 11.8. The maximum Gasteiger partial charge on any atom is 0.185 e. The second-order valence-electron chi connectivity index (χ2n) is 3.40. The maximum absolute atomic E-state index is 5.87. The zero-order valence-electron chi connectivity index (χ0n) is 9.39. The number of rotatable bonds is 3. The lowest BCUT2D eigenvalue weighted by atomic mass is 10.3. The van der Waals surface area contributed by atoms with Gasteiger partial charge in [0.05, 0.1) is 11.0 Å². The molecule has 0 aliphatic heterocycles. The molecule has 5 nitrogen and oxygen atoms in total. The van der Waals surface area contributed by atoms with E-state index in [1.165, 1.54) is 0 Å². The van der Waals surface area contributed by atoms with Crippen LogP contribution >= 0.6 is 36.4 Å². The molecule has 8 heteroatoms. The molecular formula is C10H14Cl3N5. The van der Waals surface area contributed by atoms with Gasteiger partial charge in [0.1, 0.15) is 5.82 Å². The molecule has 0 unspecified atom stereocenters. The van der Waals surface area contributed by atoms with Crippen molar-refractivity contribution in [3.63, 3.8) is 0 Å². The molecule has 1 aromatic heterocycles. The van der Waals surface area contributed by atoms with Gasteiger partial charge in [0, 0.05) is 18.0 Å². The molecule has 2 aromatic rings. The van der Waals surface area contributed by atoms with Gasteiger partial charge in [-0.25, -0.2) is 4.98 Å². The van der Waals surface area contributed by atoms with Gasteiger partial charge in [-0.1, -0.05) is 11.6 Å². The van der Waals surface area contributed by atoms with E-state index in [9.17, 15) is 0 Å². The van der Waals surface area contributed by atoms with Crippen molar-refractivity contribution in [2.24, 2.45) is 16.5 Å². The Bertz CT molecular complexity index is 533. The first kappa shape index (κ1) is 16.8. The third kappa shape index (κ3) is 4.25. The Kier molecular flexibility index (Phi) is 6.83. The van der Waals surface area contributed by atoms with E-state index in [0.717, 1.165) is 16.9 Å². The smallest absolute Gasteiger partial charge is 0.185 e. The van der Waals surface area contributed by atoms with Crippen molar-refractivity contribution in [3.8, 4) is 0 Å². The van der Waals surface area contributed by atoms with E-state index in [1.807, 2.05) is 18.2 Å². The Labute approximate surface area is 122 Å². The highest BCUT2D eigenvalue weighted by molar-refractivity contribution is 6.31. The van der Waals surface area contributed by atoms with Gasteiger partial charge in [-0.3, -0.25) is 4.99 Å². The number of imidazole rings is 1. The fraction of sp³-hybridized carbons (Fsp3) is 0.200. The first-order valence-electron chi connectivity index (χ1n) is 4.84. The van der Waals surface area contributed by atoms with E-state index in [1.54, 1.807) is 0 Å². The van der Waals surface area contributed by atoms with E-state index in [0.29, 0.717) is 18.0 Å². The first-order chi connectivity index (χ1) is 7.65. The van der Waals surface area contributed by atoms with Gasteiger partial charge >= 0.3 is 0 Å². The number of nitrogens with one attached hydrogen (secondary N) is 1. The van der Waals surface area contributed by atoms with Crippen molar-refractivity contribution < 1.29 is 0 Å². The molecule has 5 N–H and O–H groups in total. The Balaban J connectivity index is 0.00000144. The van der Waals surface area contributed by atoms with Crippen LogP contribution in [0.15, 0.2) is 23.2 Å². The number of H-pyrrole nitrogens is 1. The van der Waals surface area contributed by atoms with Gasteiger partial charge in [-0.05, 0) is 18.2 Å². The molecule has 0 amide bonds. The highest BCUT2D eigenvalue weighted by Gasteiger charge is 2.02. The topological polar surface area (TPSA) is 93.1 Å². The minimum absolute atomic E-state index is 0. The van der Waals surface area contributed by atoms with Gasteiger partial charge in [-0.2, -0.15) is 0 Å². The van der Waals surface area contributed by atoms with Crippen LogP contribution in [-0.4, -0.2) is 22.5 Å². The van der Waals surface area contributed by atoms with Crippen LogP contribution in [0, 0.1) is 0 Å². The number of hydrogen-bond acceptors (Lipinski definition) is 2. The molecule has 1 aromatic carbocycles. The number of aliphatic imine (C=N–C) groups is 1. The number of aromatic nitrogens is 2. The Morgan fingerprint density at radius 1 is 1.33 bits per heavy atom. The van der Waals surface area contributed by atoms with Crippen LogP contribution in [0.5, 0.6) is 0 Å². The second-order valence-corrected chi connectivity index (χ2v) is 3.84. The van der Waals surface area contributed by atoms with E-state index < -0.39 is 0 Å². The predicted molar refractivity (Wildman–Crippen MR) is 80.0 cm³/mol. The lowest BCUT2D eigenvalue weighted by Crippen LogP contribution is -2.23.